The summed E-state index contributed by atoms with van der Waals surface area (Å²) in [5.74, 6) is 0.316. The number of halogens is 3. The third kappa shape index (κ3) is 4.21. The molecule has 3 aromatic rings. The molecule has 3 heterocycles. The highest BCUT2D eigenvalue weighted by Crippen LogP contribution is 2.42. The molecule has 168 valence electrons. The molecule has 1 aromatic carbocycles. The first kappa shape index (κ1) is 22.5. The fourth-order valence-electron chi connectivity index (χ4n) is 3.29. The second kappa shape index (κ2) is 7.73. The van der Waals surface area contributed by atoms with Crippen LogP contribution in [-0.2, 0) is 16.5 Å². The Bertz CT molecular complexity index is 1110. The number of hydrogen-bond acceptors (Lipinski definition) is 7. The van der Waals surface area contributed by atoms with Crippen LogP contribution in [0, 0.1) is 12.3 Å². The maximum absolute atomic E-state index is 13.6. The smallest absolute Gasteiger partial charge is 0.396 e. The molecule has 11 heteroatoms. The van der Waals surface area contributed by atoms with Crippen molar-refractivity contribution in [2.45, 2.75) is 37.4 Å². The van der Waals surface area contributed by atoms with Gasteiger partial charge in [0.1, 0.15) is 10.6 Å². The molecular weight excluding hydrogens is 451 g/mol. The summed E-state index contributed by atoms with van der Waals surface area (Å²) in [6, 6.07) is 3.99. The number of hydrogen-bond donors (Lipinski definition) is 2. The summed E-state index contributed by atoms with van der Waals surface area (Å²) < 4.78 is 47.7. The minimum Gasteiger partial charge on any atom is -0.396 e. The number of nitrogens with zero attached hydrogens (tertiary/aromatic N) is 3. The lowest BCUT2D eigenvalue weighted by molar-refractivity contribution is -0.139. The lowest BCUT2D eigenvalue weighted by Gasteiger charge is -2.39. The van der Waals surface area contributed by atoms with Crippen molar-refractivity contribution in [1.29, 1.82) is 0 Å². The minimum absolute atomic E-state index is 0.0806. The number of benzene rings is 1. The van der Waals surface area contributed by atoms with Crippen LogP contribution in [0.5, 0.6) is 0 Å². The van der Waals surface area contributed by atoms with Crippen molar-refractivity contribution in [2.24, 2.45) is 5.41 Å². The molecule has 0 atom stereocenters. The van der Waals surface area contributed by atoms with E-state index < -0.39 is 22.8 Å². The van der Waals surface area contributed by atoms with Gasteiger partial charge in [0.05, 0.1) is 36.8 Å². The van der Waals surface area contributed by atoms with Crippen LogP contribution in [0.2, 0.25) is 0 Å². The van der Waals surface area contributed by atoms with Crippen molar-refractivity contribution in [3.63, 3.8) is 0 Å². The van der Waals surface area contributed by atoms with Crippen LogP contribution in [0.3, 0.4) is 0 Å². The third-order valence-corrected chi connectivity index (χ3v) is 7.77. The van der Waals surface area contributed by atoms with E-state index in [1.54, 1.807) is 25.3 Å². The summed E-state index contributed by atoms with van der Waals surface area (Å²) in [5, 5.41) is 24.8. The first-order valence-corrected chi connectivity index (χ1v) is 11.4. The summed E-state index contributed by atoms with van der Waals surface area (Å²) in [6.45, 7) is 5.54. The fraction of sp³-hybridized carbons (Fsp3) is 0.500. The summed E-state index contributed by atoms with van der Waals surface area (Å²) in [6.07, 6.45) is -4.50. The van der Waals surface area contributed by atoms with Gasteiger partial charge in [0, 0.05) is 21.6 Å². The molecule has 1 aliphatic rings. The first-order chi connectivity index (χ1) is 14.4. The SMILES string of the molecule is Cc1nc2sc(C(C)(C)O)nn2c1-c1ccc(C(F)(F)F)c(SCC2(CO)COC2)c1. The third-order valence-electron chi connectivity index (χ3n) is 5.15. The number of imidazole rings is 1. The topological polar surface area (TPSA) is 79.9 Å². The number of thioether (sulfide) groups is 1. The van der Waals surface area contributed by atoms with Gasteiger partial charge in [0.15, 0.2) is 0 Å². The Labute approximate surface area is 185 Å². The van der Waals surface area contributed by atoms with Crippen LogP contribution in [0.25, 0.3) is 16.2 Å². The summed E-state index contributed by atoms with van der Waals surface area (Å²) in [5.41, 5.74) is -0.613. The van der Waals surface area contributed by atoms with Crippen LogP contribution in [-0.4, -0.2) is 50.4 Å². The van der Waals surface area contributed by atoms with E-state index in [0.717, 1.165) is 17.8 Å². The summed E-state index contributed by atoms with van der Waals surface area (Å²) in [4.78, 5) is 5.12. The molecule has 0 radical (unpaired) electrons. The average Bonchev–Trinajstić information content (AvgIpc) is 3.16. The van der Waals surface area contributed by atoms with Gasteiger partial charge >= 0.3 is 6.18 Å². The molecule has 0 saturated carbocycles. The highest BCUT2D eigenvalue weighted by atomic mass is 32.2. The van der Waals surface area contributed by atoms with Gasteiger partial charge < -0.3 is 14.9 Å². The number of fused-ring (bicyclic) bond motifs is 1. The molecule has 1 fully saturated rings. The first-order valence-electron chi connectivity index (χ1n) is 9.56. The predicted molar refractivity (Wildman–Crippen MR) is 112 cm³/mol. The zero-order valence-corrected chi connectivity index (χ0v) is 18.8. The lowest BCUT2D eigenvalue weighted by atomic mass is 9.90. The molecule has 0 unspecified atom stereocenters. The highest BCUT2D eigenvalue weighted by Gasteiger charge is 2.40. The van der Waals surface area contributed by atoms with E-state index in [2.05, 4.69) is 10.1 Å². The minimum atomic E-state index is -4.50. The molecule has 1 saturated heterocycles. The Kier molecular flexibility index (Phi) is 5.62. The van der Waals surface area contributed by atoms with Crippen molar-refractivity contribution >= 4 is 28.1 Å². The number of aryl methyl sites for hydroxylation is 1. The Morgan fingerprint density at radius 2 is 2.00 bits per heavy atom. The van der Waals surface area contributed by atoms with E-state index in [1.807, 2.05) is 0 Å². The van der Waals surface area contributed by atoms with Gasteiger partial charge in [0.25, 0.3) is 0 Å². The van der Waals surface area contributed by atoms with Crippen molar-refractivity contribution < 1.29 is 28.1 Å². The van der Waals surface area contributed by atoms with E-state index >= 15 is 0 Å². The van der Waals surface area contributed by atoms with E-state index in [9.17, 15) is 23.4 Å². The van der Waals surface area contributed by atoms with Crippen molar-refractivity contribution in [3.8, 4) is 11.3 Å². The van der Waals surface area contributed by atoms with Crippen LogP contribution in [0.1, 0.15) is 30.1 Å². The molecule has 31 heavy (non-hydrogen) atoms. The number of ether oxygens (including phenoxy) is 1. The van der Waals surface area contributed by atoms with Gasteiger partial charge in [-0.25, -0.2) is 9.50 Å². The van der Waals surface area contributed by atoms with E-state index in [1.165, 1.54) is 23.5 Å². The molecule has 1 aliphatic heterocycles. The second-order valence-corrected chi connectivity index (χ2v) is 10.3. The molecule has 2 aromatic heterocycles. The summed E-state index contributed by atoms with van der Waals surface area (Å²) >= 11 is 2.30. The van der Waals surface area contributed by atoms with E-state index in [4.69, 9.17) is 4.74 Å². The second-order valence-electron chi connectivity index (χ2n) is 8.35. The Balaban J connectivity index is 1.77. The normalized spacial score (nSPS) is 16.6. The Morgan fingerprint density at radius 3 is 2.55 bits per heavy atom. The van der Waals surface area contributed by atoms with Crippen molar-refractivity contribution in [1.82, 2.24) is 14.6 Å². The van der Waals surface area contributed by atoms with Gasteiger partial charge in [-0.1, -0.05) is 17.4 Å². The molecular formula is C20H22F3N3O3S2. The molecule has 6 nitrogen and oxygen atoms in total. The summed E-state index contributed by atoms with van der Waals surface area (Å²) in [7, 11) is 0. The molecule has 0 amide bonds. The van der Waals surface area contributed by atoms with Gasteiger partial charge in [-0.05, 0) is 32.9 Å². The van der Waals surface area contributed by atoms with Gasteiger partial charge in [-0.2, -0.15) is 18.3 Å². The quantitative estimate of drug-likeness (QED) is 0.525. The van der Waals surface area contributed by atoms with Gasteiger partial charge in [-0.15, -0.1) is 11.8 Å². The highest BCUT2D eigenvalue weighted by molar-refractivity contribution is 7.99. The number of aromatic nitrogens is 3. The molecule has 2 N–H and O–H groups in total. The number of aliphatic hydroxyl groups excluding tert-OH is 1. The van der Waals surface area contributed by atoms with Crippen molar-refractivity contribution in [3.05, 3.63) is 34.5 Å². The van der Waals surface area contributed by atoms with Crippen molar-refractivity contribution in [2.75, 3.05) is 25.6 Å². The van der Waals surface area contributed by atoms with Crippen LogP contribution in [0.15, 0.2) is 23.1 Å². The fourth-order valence-corrected chi connectivity index (χ4v) is 5.51. The van der Waals surface area contributed by atoms with Crippen LogP contribution >= 0.6 is 23.1 Å². The number of aliphatic hydroxyl groups is 2. The standard InChI is InChI=1S/C20H22F3N3O3S2/c1-11-15(26-17(24-11)31-16(25-26)18(2,3)28)12-4-5-13(20(21,22)23)14(6-12)30-10-19(7-27)8-29-9-19/h4-6,27-28H,7-10H2,1-3H3. The largest absolute Gasteiger partial charge is 0.417 e. The lowest BCUT2D eigenvalue weighted by Crippen LogP contribution is -2.47. The Hall–Kier alpha value is -1.66. The molecule has 0 aliphatic carbocycles. The van der Waals surface area contributed by atoms with Crippen LogP contribution < -0.4 is 0 Å². The van der Waals surface area contributed by atoms with Gasteiger partial charge in [-0.3, -0.25) is 0 Å². The van der Waals surface area contributed by atoms with Gasteiger partial charge in [0.2, 0.25) is 4.96 Å². The van der Waals surface area contributed by atoms with E-state index in [-0.39, 0.29) is 11.5 Å². The van der Waals surface area contributed by atoms with E-state index in [0.29, 0.717) is 45.9 Å². The maximum Gasteiger partial charge on any atom is 0.417 e. The Morgan fingerprint density at radius 1 is 1.29 bits per heavy atom. The zero-order chi connectivity index (χ0) is 22.6. The van der Waals surface area contributed by atoms with Crippen LogP contribution in [0.4, 0.5) is 13.2 Å². The molecule has 0 bridgehead atoms. The number of rotatable bonds is 6. The zero-order valence-electron chi connectivity index (χ0n) is 17.2. The molecule has 0 spiro atoms. The monoisotopic (exact) mass is 473 g/mol. The number of alkyl halides is 3. The predicted octanol–water partition coefficient (Wildman–Crippen LogP) is 4.11. The average molecular weight is 474 g/mol. The maximum atomic E-state index is 13.6. The molecule has 4 rings (SSSR count).